The lowest BCUT2D eigenvalue weighted by Gasteiger charge is -2.11. The lowest BCUT2D eigenvalue weighted by atomic mass is 10.3. The first-order valence-electron chi connectivity index (χ1n) is 2.79. The summed E-state index contributed by atoms with van der Waals surface area (Å²) in [4.78, 5) is 0. The number of rotatable bonds is 1. The van der Waals surface area contributed by atoms with Crippen molar-refractivity contribution in [1.82, 2.24) is 0 Å². The summed E-state index contributed by atoms with van der Waals surface area (Å²) in [5.74, 6) is -0.147. The molecule has 1 aromatic carbocycles. The first-order valence-corrected chi connectivity index (χ1v) is 6.88. The molecule has 0 amide bonds. The molecule has 0 aliphatic heterocycles. The third-order valence-electron chi connectivity index (χ3n) is 1.19. The summed E-state index contributed by atoms with van der Waals surface area (Å²) >= 11 is 8.21. The quantitative estimate of drug-likeness (QED) is 0.255. The van der Waals surface area contributed by atoms with Crippen molar-refractivity contribution in [1.29, 1.82) is 0 Å². The average Bonchev–Trinajstić information content (AvgIpc) is 1.97. The van der Waals surface area contributed by atoms with E-state index in [-0.39, 0.29) is 5.82 Å². The number of benzene rings is 1. The van der Waals surface area contributed by atoms with Crippen LogP contribution in [-0.4, -0.2) is 0 Å². The average molecular weight is 615 g/mol. The Morgan fingerprint density at radius 1 is 1.08 bits per heavy atom. The Balaban J connectivity index is 3.33. The summed E-state index contributed by atoms with van der Waals surface area (Å²) < 4.78 is 16.8. The number of anilines is 1. The van der Waals surface area contributed by atoms with Gasteiger partial charge in [-0.25, -0.2) is 4.39 Å². The number of hydrogen-bond acceptors (Lipinski definition) is 1. The van der Waals surface area contributed by atoms with E-state index in [0.717, 1.165) is 3.57 Å². The van der Waals surface area contributed by atoms with Gasteiger partial charge in [0.25, 0.3) is 0 Å². The zero-order valence-corrected chi connectivity index (χ0v) is 14.1. The van der Waals surface area contributed by atoms with E-state index in [1.807, 2.05) is 74.4 Å². The number of halogens is 5. The summed E-state index contributed by atoms with van der Waals surface area (Å²) in [6, 6.07) is 3.68. The van der Waals surface area contributed by atoms with Crippen LogP contribution in [0.25, 0.3) is 0 Å². The molecule has 0 atom stereocenters. The van der Waals surface area contributed by atoms with Crippen LogP contribution in [0.4, 0.5) is 10.1 Å². The maximum atomic E-state index is 13.4. The third-order valence-corrected chi connectivity index (χ3v) is 3.86. The minimum atomic E-state index is -0.147. The Morgan fingerprint density at radius 3 is 2.00 bits per heavy atom. The molecule has 0 aliphatic carbocycles. The van der Waals surface area contributed by atoms with Gasteiger partial charge in [-0.1, -0.05) is 0 Å². The largest absolute Gasteiger partial charge is 0.251 e. The van der Waals surface area contributed by atoms with E-state index in [9.17, 15) is 4.39 Å². The fourth-order valence-electron chi connectivity index (χ4n) is 0.671. The molecule has 0 spiro atoms. The highest BCUT2D eigenvalue weighted by atomic mass is 127. The molecule has 6 heteroatoms. The molecule has 0 saturated carbocycles. The van der Waals surface area contributed by atoms with Crippen molar-refractivity contribution in [3.63, 3.8) is 0 Å². The van der Waals surface area contributed by atoms with Crippen molar-refractivity contribution in [2.24, 2.45) is 0 Å². The maximum absolute atomic E-state index is 13.4. The molecular weight excluding hydrogens is 613 g/mol. The predicted octanol–water partition coefficient (Wildman–Crippen LogP) is 4.54. The van der Waals surface area contributed by atoms with Crippen molar-refractivity contribution in [2.45, 2.75) is 0 Å². The zero-order valence-electron chi connectivity index (χ0n) is 5.49. The van der Waals surface area contributed by atoms with Crippen molar-refractivity contribution < 1.29 is 4.39 Å². The van der Waals surface area contributed by atoms with Gasteiger partial charge in [-0.2, -0.15) is 0 Å². The van der Waals surface area contributed by atoms with Crippen molar-refractivity contribution in [3.05, 3.63) is 25.1 Å². The molecule has 1 nitrogen and oxygen atoms in total. The van der Waals surface area contributed by atoms with Gasteiger partial charge in [0.05, 0.1) is 49.3 Å². The van der Waals surface area contributed by atoms with E-state index in [2.05, 4.69) is 22.6 Å². The third kappa shape index (κ3) is 2.68. The van der Waals surface area contributed by atoms with Crippen LogP contribution in [0.2, 0.25) is 0 Å². The highest BCUT2D eigenvalue weighted by molar-refractivity contribution is 14.2. The van der Waals surface area contributed by atoms with Crippen molar-refractivity contribution in [3.8, 4) is 0 Å². The summed E-state index contributed by atoms with van der Waals surface area (Å²) in [7, 11) is 0. The van der Waals surface area contributed by atoms with Gasteiger partial charge in [0.1, 0.15) is 5.69 Å². The number of nitrogens with zero attached hydrogens (tertiary/aromatic N) is 1. The van der Waals surface area contributed by atoms with E-state index < -0.39 is 0 Å². The van der Waals surface area contributed by atoms with Crippen molar-refractivity contribution >= 4 is 96.6 Å². The predicted molar refractivity (Wildman–Crippen MR) is 82.4 cm³/mol. The Kier molecular flexibility index (Phi) is 5.07. The van der Waals surface area contributed by atoms with E-state index in [4.69, 9.17) is 0 Å². The number of hydrogen-bond donors (Lipinski definition) is 0. The van der Waals surface area contributed by atoms with Crippen LogP contribution in [0.5, 0.6) is 0 Å². The molecule has 0 aromatic heterocycles. The zero-order chi connectivity index (χ0) is 9.30. The fourth-order valence-corrected chi connectivity index (χ4v) is 3.63. The molecule has 0 aliphatic rings. The Bertz CT molecular complexity index is 302. The summed E-state index contributed by atoms with van der Waals surface area (Å²) in [6.07, 6.45) is 0. The van der Waals surface area contributed by atoms with Gasteiger partial charge in [0, 0.05) is 3.57 Å². The Morgan fingerprint density at radius 2 is 1.58 bits per heavy atom. The van der Waals surface area contributed by atoms with Crippen LogP contribution < -0.4 is 1.33 Å². The van der Waals surface area contributed by atoms with E-state index in [1.54, 1.807) is 7.39 Å². The van der Waals surface area contributed by atoms with Crippen LogP contribution in [0.3, 0.4) is 0 Å². The maximum Gasteiger partial charge on any atom is 0.162 e. The van der Waals surface area contributed by atoms with E-state index in [1.165, 1.54) is 0 Å². The Hall–Kier alpha value is 1.87. The highest BCUT2D eigenvalue weighted by Crippen LogP contribution is 2.33. The highest BCUT2D eigenvalue weighted by Gasteiger charge is 2.13. The van der Waals surface area contributed by atoms with Crippen LogP contribution in [-0.2, 0) is 0 Å². The molecule has 0 bridgehead atoms. The molecule has 1 rings (SSSR count). The van der Waals surface area contributed by atoms with Gasteiger partial charge >= 0.3 is 0 Å². The molecule has 0 heterocycles. The molecular formula is C6H2FI4N. The first-order chi connectivity index (χ1) is 5.54. The summed E-state index contributed by atoms with van der Waals surface area (Å²) in [5, 5.41) is 0. The van der Waals surface area contributed by atoms with Gasteiger partial charge in [-0.3, -0.25) is 1.33 Å². The second-order valence-corrected chi connectivity index (χ2v) is 8.03. The molecule has 1 aromatic rings. The summed E-state index contributed by atoms with van der Waals surface area (Å²) in [5.41, 5.74) is 0.642. The Labute approximate surface area is 125 Å². The minimum absolute atomic E-state index is 0.147. The topological polar surface area (TPSA) is 3.24 Å². The molecule has 0 fully saturated rings. The molecule has 0 N–H and O–H groups in total. The molecule has 0 unspecified atom stereocenters. The lowest BCUT2D eigenvalue weighted by Crippen LogP contribution is -1.98. The van der Waals surface area contributed by atoms with Gasteiger partial charge in [0.2, 0.25) is 0 Å². The SMILES string of the molecule is Fc1c(I)ccc(I)c1N(I)I. The van der Waals surface area contributed by atoms with Crippen LogP contribution in [0.1, 0.15) is 0 Å². The molecule has 66 valence electrons. The lowest BCUT2D eigenvalue weighted by molar-refractivity contribution is 0.623. The fraction of sp³-hybridized carbons (Fsp3) is 0. The monoisotopic (exact) mass is 615 g/mol. The van der Waals surface area contributed by atoms with Gasteiger partial charge < -0.3 is 0 Å². The van der Waals surface area contributed by atoms with E-state index >= 15 is 0 Å². The van der Waals surface area contributed by atoms with Crippen LogP contribution in [0, 0.1) is 13.0 Å². The standard InChI is InChI=1S/C6H2FI4N/c7-5-3(8)1-2-4(9)6(5)12(10)11/h1-2H. The van der Waals surface area contributed by atoms with Gasteiger partial charge in [-0.15, -0.1) is 0 Å². The second-order valence-electron chi connectivity index (χ2n) is 1.92. The van der Waals surface area contributed by atoms with Gasteiger partial charge in [-0.05, 0) is 57.3 Å². The molecule has 0 radical (unpaired) electrons. The molecule has 12 heavy (non-hydrogen) atoms. The second kappa shape index (κ2) is 5.09. The first kappa shape index (κ1) is 11.9. The molecule has 0 saturated heterocycles. The van der Waals surface area contributed by atoms with E-state index in [0.29, 0.717) is 9.26 Å². The summed E-state index contributed by atoms with van der Waals surface area (Å²) in [6.45, 7) is 0. The van der Waals surface area contributed by atoms with Crippen LogP contribution in [0.15, 0.2) is 12.1 Å². The van der Waals surface area contributed by atoms with Gasteiger partial charge in [0.15, 0.2) is 5.82 Å². The van der Waals surface area contributed by atoms with Crippen molar-refractivity contribution in [2.75, 3.05) is 1.33 Å². The van der Waals surface area contributed by atoms with Crippen LogP contribution >= 0.6 is 90.9 Å². The smallest absolute Gasteiger partial charge is 0.162 e. The minimum Gasteiger partial charge on any atom is -0.251 e. The normalized spacial score (nSPS) is 10.1.